The minimum absolute atomic E-state index is 0.124. The number of fused-ring (bicyclic) bond motifs is 1. The summed E-state index contributed by atoms with van der Waals surface area (Å²) in [6, 6.07) is 1.69. The number of anilines is 2. The Balaban J connectivity index is 1.34. The first-order valence-electron chi connectivity index (χ1n) is 11.8. The van der Waals surface area contributed by atoms with E-state index in [0.717, 1.165) is 18.7 Å². The molecule has 1 aliphatic rings. The van der Waals surface area contributed by atoms with Gasteiger partial charge < -0.3 is 15.4 Å². The third-order valence-corrected chi connectivity index (χ3v) is 6.19. The molecule has 1 saturated heterocycles. The Hall–Kier alpha value is -4.32. The van der Waals surface area contributed by atoms with E-state index in [0.29, 0.717) is 34.8 Å². The van der Waals surface area contributed by atoms with Crippen LogP contribution in [0.4, 0.5) is 11.4 Å². The van der Waals surface area contributed by atoms with Gasteiger partial charge in [0.1, 0.15) is 5.52 Å². The molecule has 0 spiro atoms. The fourth-order valence-electron chi connectivity index (χ4n) is 4.58. The average molecular weight is 504 g/mol. The summed E-state index contributed by atoms with van der Waals surface area (Å²) in [7, 11) is 3.31. The number of ether oxygens (including phenoxy) is 1. The first kappa shape index (κ1) is 24.4. The molecule has 5 heterocycles. The summed E-state index contributed by atoms with van der Waals surface area (Å²) in [5, 5.41) is 14.3. The summed E-state index contributed by atoms with van der Waals surface area (Å²) in [6.45, 7) is 8.22. The number of carbonyl (C=O) groups excluding carboxylic acids is 2. The van der Waals surface area contributed by atoms with Gasteiger partial charge in [0.25, 0.3) is 5.91 Å². The zero-order valence-electron chi connectivity index (χ0n) is 21.4. The van der Waals surface area contributed by atoms with Crippen molar-refractivity contribution in [3.63, 3.8) is 0 Å². The van der Waals surface area contributed by atoms with E-state index in [1.54, 1.807) is 40.8 Å². The van der Waals surface area contributed by atoms with Gasteiger partial charge in [-0.3, -0.25) is 24.2 Å². The van der Waals surface area contributed by atoms with E-state index in [1.807, 2.05) is 13.2 Å². The van der Waals surface area contributed by atoms with Crippen molar-refractivity contribution < 1.29 is 14.3 Å². The number of pyridine rings is 1. The molecule has 2 amide bonds. The monoisotopic (exact) mass is 503 g/mol. The van der Waals surface area contributed by atoms with E-state index in [1.165, 1.54) is 13.3 Å². The maximum atomic E-state index is 13.3. The second-order valence-electron chi connectivity index (χ2n) is 10.1. The van der Waals surface area contributed by atoms with Crippen LogP contribution in [-0.4, -0.2) is 72.8 Å². The minimum Gasteiger partial charge on any atom is -0.479 e. The smallest absolute Gasteiger partial charge is 0.259 e. The molecule has 5 rings (SSSR count). The lowest BCUT2D eigenvalue weighted by atomic mass is 9.84. The van der Waals surface area contributed by atoms with Crippen molar-refractivity contribution in [1.82, 2.24) is 34.3 Å². The molecule has 0 saturated carbocycles. The van der Waals surface area contributed by atoms with Gasteiger partial charge in [0.2, 0.25) is 11.8 Å². The average Bonchev–Trinajstić information content (AvgIpc) is 3.45. The first-order chi connectivity index (χ1) is 17.6. The largest absolute Gasteiger partial charge is 0.479 e. The Morgan fingerprint density at radius 1 is 1.11 bits per heavy atom. The fraction of sp³-hybridized carbons (Fsp3) is 0.360. The number of carbonyl (C=O) groups is 2. The van der Waals surface area contributed by atoms with Gasteiger partial charge in [0.15, 0.2) is 0 Å². The number of aromatic nitrogens is 6. The normalized spacial score (nSPS) is 14.8. The van der Waals surface area contributed by atoms with Crippen molar-refractivity contribution in [2.75, 3.05) is 37.4 Å². The number of likely N-dealkylation sites (tertiary alicyclic amines) is 1. The molecule has 0 radical (unpaired) electrons. The zero-order chi connectivity index (χ0) is 26.3. The van der Waals surface area contributed by atoms with Crippen LogP contribution in [0.3, 0.4) is 0 Å². The van der Waals surface area contributed by atoms with E-state index < -0.39 is 5.91 Å². The van der Waals surface area contributed by atoms with Crippen molar-refractivity contribution in [2.24, 2.45) is 12.5 Å². The first-order valence-corrected chi connectivity index (χ1v) is 11.8. The second-order valence-corrected chi connectivity index (χ2v) is 10.1. The number of nitrogens with one attached hydrogen (secondary N) is 2. The van der Waals surface area contributed by atoms with Crippen molar-refractivity contribution >= 4 is 28.7 Å². The molecule has 37 heavy (non-hydrogen) atoms. The molecular weight excluding hydrogens is 474 g/mol. The van der Waals surface area contributed by atoms with Gasteiger partial charge in [-0.25, -0.2) is 9.50 Å². The van der Waals surface area contributed by atoms with Gasteiger partial charge in [-0.2, -0.15) is 10.2 Å². The molecule has 1 fully saturated rings. The van der Waals surface area contributed by atoms with Crippen molar-refractivity contribution in [1.29, 1.82) is 0 Å². The summed E-state index contributed by atoms with van der Waals surface area (Å²) in [4.78, 5) is 36.7. The number of aryl methyl sites for hydroxylation is 2. The lowest BCUT2D eigenvalue weighted by molar-refractivity contribution is -0.120. The Labute approximate surface area is 213 Å². The Morgan fingerprint density at radius 3 is 2.57 bits per heavy atom. The highest BCUT2D eigenvalue weighted by Gasteiger charge is 2.34. The highest BCUT2D eigenvalue weighted by atomic mass is 16.5. The molecule has 0 bridgehead atoms. The van der Waals surface area contributed by atoms with Crippen LogP contribution in [0.25, 0.3) is 16.8 Å². The number of hydrogen-bond donors (Lipinski definition) is 2. The number of methoxy groups -OCH3 is 1. The summed E-state index contributed by atoms with van der Waals surface area (Å²) in [5.74, 6) is -0.268. The highest BCUT2D eigenvalue weighted by Crippen LogP contribution is 2.29. The van der Waals surface area contributed by atoms with Gasteiger partial charge in [-0.15, -0.1) is 0 Å². The SMILES string of the molecule is COc1nc(-c2cnn(C)c2)cn2ncc(C(=O)Nc3cc(NC(=O)CN4CC(C)(C)C4)cnc3C)c12. The number of nitrogens with zero attached hydrogens (tertiary/aromatic N) is 7. The summed E-state index contributed by atoms with van der Waals surface area (Å²) in [5.41, 5.74) is 3.96. The Kier molecular flexibility index (Phi) is 6.12. The minimum atomic E-state index is -0.402. The summed E-state index contributed by atoms with van der Waals surface area (Å²) >= 11 is 0. The Morgan fingerprint density at radius 2 is 1.89 bits per heavy atom. The summed E-state index contributed by atoms with van der Waals surface area (Å²) in [6.07, 6.45) is 8.27. The molecule has 4 aromatic heterocycles. The van der Waals surface area contributed by atoms with Crippen molar-refractivity contribution in [3.05, 3.63) is 48.3 Å². The maximum absolute atomic E-state index is 13.3. The van der Waals surface area contributed by atoms with Crippen molar-refractivity contribution in [2.45, 2.75) is 20.8 Å². The highest BCUT2D eigenvalue weighted by molar-refractivity contribution is 6.10. The predicted octanol–water partition coefficient (Wildman–Crippen LogP) is 2.37. The predicted molar refractivity (Wildman–Crippen MR) is 138 cm³/mol. The second kappa shape index (κ2) is 9.28. The number of rotatable bonds is 7. The van der Waals surface area contributed by atoms with E-state index >= 15 is 0 Å². The quantitative estimate of drug-likeness (QED) is 0.393. The van der Waals surface area contributed by atoms with Crippen molar-refractivity contribution in [3.8, 4) is 17.1 Å². The van der Waals surface area contributed by atoms with Gasteiger partial charge in [0, 0.05) is 31.9 Å². The zero-order valence-corrected chi connectivity index (χ0v) is 21.4. The lowest BCUT2D eigenvalue weighted by Gasteiger charge is -2.45. The molecule has 12 heteroatoms. The number of hydrogen-bond acceptors (Lipinski definition) is 8. The van der Waals surface area contributed by atoms with E-state index in [2.05, 4.69) is 49.5 Å². The topological polar surface area (TPSA) is 132 Å². The van der Waals surface area contributed by atoms with E-state index in [-0.39, 0.29) is 22.8 Å². The lowest BCUT2D eigenvalue weighted by Crippen LogP contribution is -2.54. The molecule has 192 valence electrons. The number of amides is 2. The molecule has 0 unspecified atom stereocenters. The third-order valence-electron chi connectivity index (χ3n) is 6.19. The van der Waals surface area contributed by atoms with Crippen LogP contribution in [-0.2, 0) is 11.8 Å². The Bertz CT molecular complexity index is 1500. The molecular formula is C25H29N9O3. The van der Waals surface area contributed by atoms with Gasteiger partial charge >= 0.3 is 0 Å². The maximum Gasteiger partial charge on any atom is 0.259 e. The standard InChI is InChI=1S/C25H29N9O3/c1-15-19(6-17(8-26-15)29-21(35)12-33-13-25(2,3)14-33)30-23(36)18-9-28-34-11-20(16-7-27-32(4)10-16)31-24(37-5)22(18)34/h6-11H,12-14H2,1-5H3,(H,29,35)(H,30,36). The molecule has 4 aromatic rings. The molecule has 0 aromatic carbocycles. The van der Waals surface area contributed by atoms with Crippen LogP contribution in [0.5, 0.6) is 5.88 Å². The third kappa shape index (κ3) is 5.00. The van der Waals surface area contributed by atoms with Gasteiger partial charge in [0.05, 0.1) is 66.8 Å². The van der Waals surface area contributed by atoms with E-state index in [9.17, 15) is 9.59 Å². The van der Waals surface area contributed by atoms with Gasteiger partial charge in [-0.05, 0) is 18.4 Å². The fourth-order valence-corrected chi connectivity index (χ4v) is 4.58. The molecule has 2 N–H and O–H groups in total. The van der Waals surface area contributed by atoms with E-state index in [4.69, 9.17) is 4.74 Å². The van der Waals surface area contributed by atoms with Crippen LogP contribution >= 0.6 is 0 Å². The molecule has 0 aliphatic carbocycles. The van der Waals surface area contributed by atoms with Crippen LogP contribution in [0.1, 0.15) is 29.9 Å². The molecule has 1 aliphatic heterocycles. The van der Waals surface area contributed by atoms with Crippen LogP contribution in [0.15, 0.2) is 37.1 Å². The summed E-state index contributed by atoms with van der Waals surface area (Å²) < 4.78 is 8.73. The van der Waals surface area contributed by atoms with Gasteiger partial charge in [-0.1, -0.05) is 13.8 Å². The molecule has 0 atom stereocenters. The van der Waals surface area contributed by atoms with Crippen LogP contribution in [0.2, 0.25) is 0 Å². The van der Waals surface area contributed by atoms with Crippen LogP contribution in [0, 0.1) is 12.3 Å². The molecule has 12 nitrogen and oxygen atoms in total. The van der Waals surface area contributed by atoms with Crippen LogP contribution < -0.4 is 15.4 Å².